The van der Waals surface area contributed by atoms with Gasteiger partial charge in [0.25, 0.3) is 0 Å². The molecule has 3 aromatic rings. The largest absolute Gasteiger partial charge is 0.443 e. The highest BCUT2D eigenvalue weighted by atomic mass is 79.9. The predicted molar refractivity (Wildman–Crippen MR) is 130 cm³/mol. The third-order valence-corrected chi connectivity index (χ3v) is 4.60. The van der Waals surface area contributed by atoms with Crippen molar-refractivity contribution in [1.29, 1.82) is 5.26 Å². The molecule has 1 aromatic carbocycles. The van der Waals surface area contributed by atoms with E-state index in [2.05, 4.69) is 31.1 Å². The van der Waals surface area contributed by atoms with Crippen LogP contribution in [0.2, 0.25) is 0 Å². The number of halogens is 2. The number of rotatable bonds is 3. The zero-order valence-corrected chi connectivity index (χ0v) is 22.0. The summed E-state index contributed by atoms with van der Waals surface area (Å²) in [5.41, 5.74) is -1.45. The second-order valence-corrected chi connectivity index (χ2v) is 10.4. The first-order valence-corrected chi connectivity index (χ1v) is 11.4. The van der Waals surface area contributed by atoms with Gasteiger partial charge in [0.15, 0.2) is 17.3 Å². The van der Waals surface area contributed by atoms with Crippen molar-refractivity contribution < 1.29 is 28.0 Å². The molecule has 2 heterocycles. The number of carbonyl (C=O) groups excluding carboxylic acids is 2. The van der Waals surface area contributed by atoms with Crippen LogP contribution in [-0.4, -0.2) is 38.5 Å². The van der Waals surface area contributed by atoms with Crippen LogP contribution in [0, 0.1) is 17.1 Å². The Morgan fingerprint density at radius 3 is 2.22 bits per heavy atom. The molecule has 2 amide bonds. The number of ether oxygens (including phenoxy) is 2. The molecule has 2 aromatic heterocycles. The van der Waals surface area contributed by atoms with Gasteiger partial charge in [-0.1, -0.05) is 11.2 Å². The maximum Gasteiger partial charge on any atom is 0.425 e. The van der Waals surface area contributed by atoms with Crippen LogP contribution in [0.3, 0.4) is 0 Å². The molecule has 0 atom stereocenters. The van der Waals surface area contributed by atoms with Gasteiger partial charge in [-0.3, -0.25) is 0 Å². The Morgan fingerprint density at radius 1 is 1.08 bits per heavy atom. The first-order chi connectivity index (χ1) is 16.7. The van der Waals surface area contributed by atoms with Crippen molar-refractivity contribution in [3.05, 3.63) is 46.4 Å². The van der Waals surface area contributed by atoms with E-state index < -0.39 is 29.2 Å². The molecule has 0 N–H and O–H groups in total. The number of hydrogen-bond donors (Lipinski definition) is 0. The summed E-state index contributed by atoms with van der Waals surface area (Å²) in [6.45, 7) is 9.87. The van der Waals surface area contributed by atoms with Crippen LogP contribution < -0.4 is 4.90 Å². The molecule has 0 fully saturated rings. The molecule has 0 aliphatic heterocycles. The minimum absolute atomic E-state index is 0.0238. The lowest BCUT2D eigenvalue weighted by molar-refractivity contribution is 0.0429. The number of nitrogens with zero attached hydrogens (tertiary/aromatic N) is 5. The van der Waals surface area contributed by atoms with Gasteiger partial charge in [-0.25, -0.2) is 23.9 Å². The Balaban J connectivity index is 2.11. The van der Waals surface area contributed by atoms with Crippen LogP contribution in [0.5, 0.6) is 0 Å². The van der Waals surface area contributed by atoms with Crippen molar-refractivity contribution in [3.8, 4) is 28.8 Å². The molecule has 188 valence electrons. The third kappa shape index (κ3) is 6.42. The molecule has 0 radical (unpaired) electrons. The molecule has 3 rings (SSSR count). The highest BCUT2D eigenvalue weighted by molar-refractivity contribution is 9.10. The Hall–Kier alpha value is -3.85. The molecule has 0 saturated carbocycles. The molecule has 0 bridgehead atoms. The van der Waals surface area contributed by atoms with Gasteiger partial charge in [0.05, 0.1) is 11.8 Å². The molecular weight excluding hydrogens is 537 g/mol. The van der Waals surface area contributed by atoms with Crippen LogP contribution >= 0.6 is 15.9 Å². The SMILES string of the molecule is CC(C)(C)OC(=O)N(C(=O)OC(C)(C)C)c1ncc(Br)nc1-c1cc(-c2ccc(C#N)c(F)c2)no1. The topological polar surface area (TPSA) is 131 Å². The lowest BCUT2D eigenvalue weighted by atomic mass is 10.1. The van der Waals surface area contributed by atoms with Crippen molar-refractivity contribution >= 4 is 33.9 Å². The van der Waals surface area contributed by atoms with Gasteiger partial charge in [-0.15, -0.1) is 0 Å². The van der Waals surface area contributed by atoms with E-state index in [0.29, 0.717) is 10.5 Å². The number of carbonyl (C=O) groups is 2. The average molecular weight is 560 g/mol. The number of amides is 2. The summed E-state index contributed by atoms with van der Waals surface area (Å²) in [6.07, 6.45) is -0.791. The number of aromatic nitrogens is 3. The fourth-order valence-electron chi connectivity index (χ4n) is 2.84. The van der Waals surface area contributed by atoms with Gasteiger partial charge in [-0.05, 0) is 69.6 Å². The molecule has 0 saturated heterocycles. The van der Waals surface area contributed by atoms with Crippen LogP contribution in [0.15, 0.2) is 39.6 Å². The second-order valence-electron chi connectivity index (χ2n) is 9.54. The summed E-state index contributed by atoms with van der Waals surface area (Å²) >= 11 is 3.22. The number of benzene rings is 1. The number of imide groups is 1. The summed E-state index contributed by atoms with van der Waals surface area (Å²) in [5.74, 6) is -0.922. The van der Waals surface area contributed by atoms with Gasteiger partial charge in [0.1, 0.15) is 33.4 Å². The highest BCUT2D eigenvalue weighted by Crippen LogP contribution is 2.33. The minimum Gasteiger partial charge on any atom is -0.443 e. The smallest absolute Gasteiger partial charge is 0.425 e. The van der Waals surface area contributed by atoms with Gasteiger partial charge < -0.3 is 14.0 Å². The summed E-state index contributed by atoms with van der Waals surface area (Å²) in [5, 5.41) is 12.9. The fourth-order valence-corrected chi connectivity index (χ4v) is 3.12. The van der Waals surface area contributed by atoms with E-state index in [0.717, 1.165) is 6.07 Å². The van der Waals surface area contributed by atoms with E-state index >= 15 is 0 Å². The number of hydrogen-bond acceptors (Lipinski definition) is 9. The summed E-state index contributed by atoms with van der Waals surface area (Å²) < 4.78 is 30.6. The Kier molecular flexibility index (Phi) is 7.45. The van der Waals surface area contributed by atoms with Gasteiger partial charge in [0.2, 0.25) is 0 Å². The van der Waals surface area contributed by atoms with E-state index in [1.807, 2.05) is 0 Å². The predicted octanol–water partition coefficient (Wildman–Crippen LogP) is 6.25. The van der Waals surface area contributed by atoms with E-state index in [-0.39, 0.29) is 33.1 Å². The number of nitriles is 1. The zero-order chi connectivity index (χ0) is 26.8. The van der Waals surface area contributed by atoms with Gasteiger partial charge in [-0.2, -0.15) is 10.2 Å². The van der Waals surface area contributed by atoms with Crippen molar-refractivity contribution in [2.45, 2.75) is 52.7 Å². The quantitative estimate of drug-likeness (QED) is 0.365. The van der Waals surface area contributed by atoms with Crippen molar-refractivity contribution in [3.63, 3.8) is 0 Å². The monoisotopic (exact) mass is 559 g/mol. The van der Waals surface area contributed by atoms with Crippen molar-refractivity contribution in [2.75, 3.05) is 4.90 Å². The first-order valence-electron chi connectivity index (χ1n) is 10.6. The second kappa shape index (κ2) is 10.0. The molecule has 0 unspecified atom stereocenters. The van der Waals surface area contributed by atoms with Gasteiger partial charge in [0, 0.05) is 11.6 Å². The first kappa shape index (κ1) is 26.7. The maximum absolute atomic E-state index is 14.1. The van der Waals surface area contributed by atoms with Crippen molar-refractivity contribution in [1.82, 2.24) is 15.1 Å². The Labute approximate surface area is 215 Å². The van der Waals surface area contributed by atoms with Crippen molar-refractivity contribution in [2.24, 2.45) is 0 Å². The molecule has 12 heteroatoms. The maximum atomic E-state index is 14.1. The highest BCUT2D eigenvalue weighted by Gasteiger charge is 2.36. The Morgan fingerprint density at radius 2 is 1.69 bits per heavy atom. The number of anilines is 1. The van der Waals surface area contributed by atoms with E-state index in [1.165, 1.54) is 24.4 Å². The van der Waals surface area contributed by atoms with E-state index in [4.69, 9.17) is 19.3 Å². The fraction of sp³-hybridized carbons (Fsp3) is 0.333. The summed E-state index contributed by atoms with van der Waals surface area (Å²) in [6, 6.07) is 7.14. The minimum atomic E-state index is -1.04. The van der Waals surface area contributed by atoms with Crippen LogP contribution in [-0.2, 0) is 9.47 Å². The molecule has 10 nitrogen and oxygen atoms in total. The van der Waals surface area contributed by atoms with E-state index in [9.17, 15) is 14.0 Å². The summed E-state index contributed by atoms with van der Waals surface area (Å²) in [4.78, 5) is 35.3. The third-order valence-electron chi connectivity index (χ3n) is 4.22. The molecule has 36 heavy (non-hydrogen) atoms. The molecular formula is C24H23BrFN5O5. The average Bonchev–Trinajstić information content (AvgIpc) is 3.22. The lowest BCUT2D eigenvalue weighted by Gasteiger charge is -2.28. The van der Waals surface area contributed by atoms with Crippen LogP contribution in [0.1, 0.15) is 47.1 Å². The molecule has 0 aliphatic carbocycles. The normalized spacial score (nSPS) is 11.5. The Bertz CT molecular complexity index is 1330. The molecule has 0 spiro atoms. The standard InChI is InChI=1S/C24H23BrFN5O5/c1-23(2,3)34-21(32)31(22(33)35-24(4,5)6)20-19(29-18(25)12-28-20)17-10-16(30-36-17)13-7-8-14(11-27)15(26)9-13/h7-10,12H,1-6H3. The van der Waals surface area contributed by atoms with Crippen LogP contribution in [0.25, 0.3) is 22.7 Å². The molecule has 0 aliphatic rings. The van der Waals surface area contributed by atoms with Gasteiger partial charge >= 0.3 is 12.2 Å². The van der Waals surface area contributed by atoms with Crippen LogP contribution in [0.4, 0.5) is 19.8 Å². The zero-order valence-electron chi connectivity index (χ0n) is 20.4. The lowest BCUT2D eigenvalue weighted by Crippen LogP contribution is -2.44. The van der Waals surface area contributed by atoms with E-state index in [1.54, 1.807) is 47.6 Å². The summed E-state index contributed by atoms with van der Waals surface area (Å²) in [7, 11) is 0.